The molecule has 0 rings (SSSR count). The molecule has 2 nitrogen and oxygen atoms in total. The molecule has 0 spiro atoms. The van der Waals surface area contributed by atoms with E-state index in [-0.39, 0.29) is 5.60 Å². The summed E-state index contributed by atoms with van der Waals surface area (Å²) in [6.45, 7) is 22.7. The standard InChI is InChI=1S/C12H25OSi.C6H12O.3C4H9.Sn/c1-7-10-12(9-3,11-8-2)13-14(4,5)6;1-3-5-6(7)4-2;3*1-3-4-2;/h1,7H,8-11H2,2-6H3;3-5H2,1-2H3;3*1,3-4H2,2H3;. The number of carbonyl (C=O) groups excluding carboxylic acids is 1. The summed E-state index contributed by atoms with van der Waals surface area (Å²) in [6, 6.07) is 0. The van der Waals surface area contributed by atoms with E-state index in [0.717, 1.165) is 25.7 Å². The van der Waals surface area contributed by atoms with E-state index in [2.05, 4.69) is 64.4 Å². The molecular formula is C30H64O2SiSn. The van der Waals surface area contributed by atoms with Crippen LogP contribution in [0.1, 0.15) is 132 Å². The number of hydrogen-bond donors (Lipinski definition) is 0. The van der Waals surface area contributed by atoms with Gasteiger partial charge in [-0.25, -0.2) is 0 Å². The number of hydrogen-bond acceptors (Lipinski definition) is 2. The van der Waals surface area contributed by atoms with Gasteiger partial charge in [-0.2, -0.15) is 0 Å². The fraction of sp³-hybridized carbons (Fsp3) is 0.900. The summed E-state index contributed by atoms with van der Waals surface area (Å²) in [5.41, 5.74) is 0.0909. The predicted molar refractivity (Wildman–Crippen MR) is 161 cm³/mol. The van der Waals surface area contributed by atoms with Gasteiger partial charge in [-0.15, -0.1) is 0 Å². The van der Waals surface area contributed by atoms with Crippen LogP contribution in [0, 0.1) is 0 Å². The third-order valence-corrected chi connectivity index (χ3v) is 22.1. The second-order valence-corrected chi connectivity index (χ2v) is 28.9. The Morgan fingerprint density at radius 2 is 1.29 bits per heavy atom. The molecule has 1 atom stereocenters. The van der Waals surface area contributed by atoms with E-state index in [4.69, 9.17) is 4.43 Å². The molecule has 0 saturated heterocycles. The summed E-state index contributed by atoms with van der Waals surface area (Å²) < 4.78 is 14.4. The fourth-order valence-electron chi connectivity index (χ4n) is 4.88. The number of rotatable bonds is 20. The molecule has 0 radical (unpaired) electrons. The van der Waals surface area contributed by atoms with Gasteiger partial charge in [0.15, 0.2) is 0 Å². The van der Waals surface area contributed by atoms with Crippen molar-refractivity contribution in [1.82, 2.24) is 0 Å². The molecule has 34 heavy (non-hydrogen) atoms. The van der Waals surface area contributed by atoms with Crippen LogP contribution in [0.2, 0.25) is 33.0 Å². The van der Waals surface area contributed by atoms with Crippen LogP contribution < -0.4 is 0 Å². The van der Waals surface area contributed by atoms with E-state index < -0.39 is 26.7 Å². The molecule has 0 fully saturated rings. The van der Waals surface area contributed by atoms with Gasteiger partial charge in [0.25, 0.3) is 0 Å². The van der Waals surface area contributed by atoms with Gasteiger partial charge >= 0.3 is 179 Å². The van der Waals surface area contributed by atoms with Crippen LogP contribution in [0.4, 0.5) is 0 Å². The van der Waals surface area contributed by atoms with Crippen molar-refractivity contribution in [1.29, 1.82) is 0 Å². The molecule has 4 heteroatoms. The van der Waals surface area contributed by atoms with Crippen molar-refractivity contribution in [3.05, 3.63) is 10.2 Å². The number of Topliss-reactive ketones (excluding diaryl/α,β-unsaturated/α-hetero) is 1. The van der Waals surface area contributed by atoms with Crippen LogP contribution in [-0.2, 0) is 9.22 Å². The van der Waals surface area contributed by atoms with Crippen LogP contribution in [0.5, 0.6) is 0 Å². The van der Waals surface area contributed by atoms with Crippen LogP contribution in [0.25, 0.3) is 0 Å². The molecule has 0 N–H and O–H groups in total. The Balaban J connectivity index is 0. The first kappa shape index (κ1) is 36.5. The molecule has 0 aromatic rings. The van der Waals surface area contributed by atoms with Crippen LogP contribution in [0.15, 0.2) is 10.2 Å². The SMILES string of the molecule is CCCC(=O)CC.CCC[CH2][Sn](/[CH]=C/CC(CC)(CCC)O[Si](C)(C)C)([CH2]CCC)[CH2]CCC. The zero-order valence-corrected chi connectivity index (χ0v) is 29.1. The summed E-state index contributed by atoms with van der Waals surface area (Å²) in [6.07, 6.45) is 18.2. The van der Waals surface area contributed by atoms with E-state index in [1.54, 1.807) is 13.3 Å². The van der Waals surface area contributed by atoms with Gasteiger partial charge in [0.1, 0.15) is 5.78 Å². The average molecular weight is 604 g/mol. The summed E-state index contributed by atoms with van der Waals surface area (Å²) in [4.78, 5) is 10.4. The molecular weight excluding hydrogens is 539 g/mol. The summed E-state index contributed by atoms with van der Waals surface area (Å²) in [5.74, 6) is 0.377. The van der Waals surface area contributed by atoms with Crippen molar-refractivity contribution >= 4 is 32.5 Å². The Bertz CT molecular complexity index is 491. The Morgan fingerprint density at radius 3 is 1.59 bits per heavy atom. The van der Waals surface area contributed by atoms with Gasteiger partial charge in [0.05, 0.1) is 0 Å². The minimum absolute atomic E-state index is 0.0909. The van der Waals surface area contributed by atoms with Crippen molar-refractivity contribution in [2.75, 3.05) is 0 Å². The Labute approximate surface area is 221 Å². The molecule has 1 unspecified atom stereocenters. The Morgan fingerprint density at radius 1 is 0.794 bits per heavy atom. The van der Waals surface area contributed by atoms with Crippen molar-refractivity contribution in [3.63, 3.8) is 0 Å². The molecule has 0 amide bonds. The molecule has 0 saturated carbocycles. The zero-order valence-electron chi connectivity index (χ0n) is 25.3. The molecule has 0 heterocycles. The van der Waals surface area contributed by atoms with Crippen molar-refractivity contribution in [3.8, 4) is 0 Å². The van der Waals surface area contributed by atoms with Crippen molar-refractivity contribution in [2.45, 2.75) is 170 Å². The number of unbranched alkanes of at least 4 members (excludes halogenated alkanes) is 3. The van der Waals surface area contributed by atoms with Crippen LogP contribution in [-0.4, -0.2) is 38.1 Å². The third-order valence-electron chi connectivity index (χ3n) is 6.84. The van der Waals surface area contributed by atoms with Crippen molar-refractivity contribution < 1.29 is 9.22 Å². The molecule has 204 valence electrons. The second kappa shape index (κ2) is 21.5. The normalized spacial score (nSPS) is 14.1. The topological polar surface area (TPSA) is 26.3 Å². The molecule has 0 aliphatic carbocycles. The second-order valence-electron chi connectivity index (χ2n) is 11.4. The minimum atomic E-state index is -2.15. The maximum absolute atomic E-state index is 10.4. The van der Waals surface area contributed by atoms with Crippen LogP contribution in [0.3, 0.4) is 0 Å². The first-order valence-corrected chi connectivity index (χ1v) is 26.0. The molecule has 0 aliphatic heterocycles. The quantitative estimate of drug-likeness (QED) is 0.129. The Kier molecular flexibility index (Phi) is 23.1. The monoisotopic (exact) mass is 604 g/mol. The predicted octanol–water partition coefficient (Wildman–Crippen LogP) is 10.9. The fourth-order valence-corrected chi connectivity index (χ4v) is 20.9. The van der Waals surface area contributed by atoms with E-state index in [0.29, 0.717) is 12.2 Å². The van der Waals surface area contributed by atoms with Gasteiger partial charge in [0, 0.05) is 12.8 Å². The number of ketones is 1. The summed E-state index contributed by atoms with van der Waals surface area (Å²) in [5, 5.41) is 0. The molecule has 0 aromatic heterocycles. The molecule has 0 aromatic carbocycles. The van der Waals surface area contributed by atoms with Crippen molar-refractivity contribution in [2.24, 2.45) is 0 Å². The number of carbonyl (C=O) groups is 1. The van der Waals surface area contributed by atoms with E-state index >= 15 is 0 Å². The van der Waals surface area contributed by atoms with Gasteiger partial charge in [-0.1, -0.05) is 13.8 Å². The summed E-state index contributed by atoms with van der Waals surface area (Å²) >= 11 is -2.15. The van der Waals surface area contributed by atoms with E-state index in [9.17, 15) is 4.79 Å². The van der Waals surface area contributed by atoms with Gasteiger partial charge in [-0.05, 0) is 6.42 Å². The van der Waals surface area contributed by atoms with E-state index in [1.807, 2.05) is 13.8 Å². The Hall–Kier alpha value is 0.386. The summed E-state index contributed by atoms with van der Waals surface area (Å²) in [7, 11) is -1.53. The third kappa shape index (κ3) is 18.6. The maximum atomic E-state index is 10.4. The average Bonchev–Trinajstić information content (AvgIpc) is 2.79. The molecule has 0 bridgehead atoms. The van der Waals surface area contributed by atoms with E-state index in [1.165, 1.54) is 51.4 Å². The molecule has 0 aliphatic rings. The first-order valence-electron chi connectivity index (χ1n) is 14.9. The zero-order chi connectivity index (χ0) is 26.5. The van der Waals surface area contributed by atoms with Gasteiger partial charge in [-0.3, -0.25) is 4.79 Å². The van der Waals surface area contributed by atoms with Crippen LogP contribution >= 0.6 is 0 Å². The van der Waals surface area contributed by atoms with Gasteiger partial charge < -0.3 is 0 Å². The van der Waals surface area contributed by atoms with Gasteiger partial charge in [0.2, 0.25) is 0 Å². The first-order chi connectivity index (χ1) is 16.0.